The summed E-state index contributed by atoms with van der Waals surface area (Å²) in [5.41, 5.74) is 2.63. The normalized spacial score (nSPS) is 10.4. The van der Waals surface area contributed by atoms with Crippen LogP contribution in [0.3, 0.4) is 0 Å². The number of hydrogen-bond acceptors (Lipinski definition) is 1. The van der Waals surface area contributed by atoms with E-state index < -0.39 is 0 Å². The fourth-order valence-corrected chi connectivity index (χ4v) is 2.32. The highest BCUT2D eigenvalue weighted by molar-refractivity contribution is 5.21. The van der Waals surface area contributed by atoms with Gasteiger partial charge in [-0.1, -0.05) is 60.7 Å². The molecule has 0 radical (unpaired) electrons. The van der Waals surface area contributed by atoms with E-state index in [4.69, 9.17) is 0 Å². The van der Waals surface area contributed by atoms with Crippen LogP contribution in [-0.2, 0) is 13.1 Å². The van der Waals surface area contributed by atoms with Crippen LogP contribution in [0.15, 0.2) is 85.2 Å². The van der Waals surface area contributed by atoms with Gasteiger partial charge in [0.15, 0.2) is 0 Å². The lowest BCUT2D eigenvalue weighted by Gasteiger charge is -2.26. The Hall–Kier alpha value is -2.48. The standard InChI is InChI=1S/C18H18N2/c1-3-9-17(10-4-1)15-20(19-13-7-8-14-19)16-18-11-5-2-6-12-18/h1-14H,15-16H2. The van der Waals surface area contributed by atoms with Gasteiger partial charge in [-0.25, -0.2) is 0 Å². The third-order valence-corrected chi connectivity index (χ3v) is 3.33. The highest BCUT2D eigenvalue weighted by atomic mass is 15.5. The summed E-state index contributed by atoms with van der Waals surface area (Å²) in [4.78, 5) is 0. The Balaban J connectivity index is 1.81. The first-order valence-corrected chi connectivity index (χ1v) is 6.88. The number of hydrogen-bond donors (Lipinski definition) is 0. The summed E-state index contributed by atoms with van der Waals surface area (Å²) in [5.74, 6) is 0. The first kappa shape index (κ1) is 12.5. The molecule has 1 aromatic heterocycles. The van der Waals surface area contributed by atoms with Crippen LogP contribution in [0, 0.1) is 0 Å². The van der Waals surface area contributed by atoms with Crippen molar-refractivity contribution in [3.05, 3.63) is 96.3 Å². The van der Waals surface area contributed by atoms with Crippen LogP contribution in [-0.4, -0.2) is 4.68 Å². The number of benzene rings is 2. The first-order valence-electron chi connectivity index (χ1n) is 6.88. The van der Waals surface area contributed by atoms with Crippen LogP contribution in [0.1, 0.15) is 11.1 Å². The SMILES string of the molecule is c1ccc(CN(Cc2ccccc2)n2cccc2)cc1. The van der Waals surface area contributed by atoms with Crippen molar-refractivity contribution in [2.75, 3.05) is 5.01 Å². The van der Waals surface area contributed by atoms with Crippen molar-refractivity contribution >= 4 is 0 Å². The van der Waals surface area contributed by atoms with E-state index >= 15 is 0 Å². The lowest BCUT2D eigenvalue weighted by molar-refractivity contribution is 0.579. The molecule has 1 heterocycles. The fourth-order valence-electron chi connectivity index (χ4n) is 2.32. The fraction of sp³-hybridized carbons (Fsp3) is 0.111. The Labute approximate surface area is 119 Å². The average Bonchev–Trinajstić information content (AvgIpc) is 3.03. The smallest absolute Gasteiger partial charge is 0.0598 e. The van der Waals surface area contributed by atoms with Crippen LogP contribution < -0.4 is 5.01 Å². The van der Waals surface area contributed by atoms with Crippen molar-refractivity contribution in [1.82, 2.24) is 4.68 Å². The van der Waals surface area contributed by atoms with Gasteiger partial charge in [-0.15, -0.1) is 0 Å². The highest BCUT2D eigenvalue weighted by Gasteiger charge is 2.06. The molecule has 0 aliphatic carbocycles. The summed E-state index contributed by atoms with van der Waals surface area (Å²) in [6.45, 7) is 1.79. The lowest BCUT2D eigenvalue weighted by Crippen LogP contribution is -2.32. The van der Waals surface area contributed by atoms with Gasteiger partial charge in [-0.05, 0) is 23.3 Å². The Morgan fingerprint density at radius 1 is 0.600 bits per heavy atom. The zero-order chi connectivity index (χ0) is 13.6. The van der Waals surface area contributed by atoms with Gasteiger partial charge in [-0.3, -0.25) is 4.68 Å². The quantitative estimate of drug-likeness (QED) is 0.678. The van der Waals surface area contributed by atoms with E-state index in [0.29, 0.717) is 0 Å². The van der Waals surface area contributed by atoms with Gasteiger partial charge in [-0.2, -0.15) is 0 Å². The molecule has 2 nitrogen and oxygen atoms in total. The third kappa shape index (κ3) is 3.09. The zero-order valence-electron chi connectivity index (χ0n) is 11.4. The van der Waals surface area contributed by atoms with Crippen LogP contribution in [0.2, 0.25) is 0 Å². The van der Waals surface area contributed by atoms with E-state index in [1.165, 1.54) is 11.1 Å². The second kappa shape index (κ2) is 6.11. The summed E-state index contributed by atoms with van der Waals surface area (Å²) >= 11 is 0. The Morgan fingerprint density at radius 3 is 1.50 bits per heavy atom. The van der Waals surface area contributed by atoms with E-state index in [-0.39, 0.29) is 0 Å². The maximum atomic E-state index is 2.32. The molecule has 0 unspecified atom stereocenters. The van der Waals surface area contributed by atoms with Gasteiger partial charge in [0.05, 0.1) is 13.1 Å². The largest absolute Gasteiger partial charge is 0.305 e. The van der Waals surface area contributed by atoms with E-state index in [0.717, 1.165) is 13.1 Å². The molecule has 0 amide bonds. The molecule has 0 saturated carbocycles. The second-order valence-electron chi connectivity index (χ2n) is 4.86. The third-order valence-electron chi connectivity index (χ3n) is 3.33. The van der Waals surface area contributed by atoms with Crippen molar-refractivity contribution in [3.63, 3.8) is 0 Å². The highest BCUT2D eigenvalue weighted by Crippen LogP contribution is 2.09. The predicted molar refractivity (Wildman–Crippen MR) is 82.9 cm³/mol. The first-order chi connectivity index (χ1) is 9.92. The van der Waals surface area contributed by atoms with Gasteiger partial charge in [0, 0.05) is 12.4 Å². The van der Waals surface area contributed by atoms with Crippen LogP contribution in [0.4, 0.5) is 0 Å². The minimum Gasteiger partial charge on any atom is -0.305 e. The summed E-state index contributed by atoms with van der Waals surface area (Å²) in [6, 6.07) is 25.3. The number of aromatic nitrogens is 1. The van der Waals surface area contributed by atoms with Gasteiger partial charge >= 0.3 is 0 Å². The predicted octanol–water partition coefficient (Wildman–Crippen LogP) is 3.83. The summed E-state index contributed by atoms with van der Waals surface area (Å²) in [7, 11) is 0. The molecule has 0 atom stereocenters. The molecular weight excluding hydrogens is 244 g/mol. The summed E-state index contributed by atoms with van der Waals surface area (Å²) in [6.07, 6.45) is 4.18. The van der Waals surface area contributed by atoms with Crippen LogP contribution in [0.25, 0.3) is 0 Å². The molecule has 2 aromatic carbocycles. The molecule has 0 N–H and O–H groups in total. The topological polar surface area (TPSA) is 8.17 Å². The summed E-state index contributed by atoms with van der Waals surface area (Å²) < 4.78 is 2.15. The summed E-state index contributed by atoms with van der Waals surface area (Å²) in [5, 5.41) is 2.32. The van der Waals surface area contributed by atoms with E-state index in [1.54, 1.807) is 0 Å². The minimum absolute atomic E-state index is 0.893. The molecule has 3 rings (SSSR count). The van der Waals surface area contributed by atoms with E-state index in [9.17, 15) is 0 Å². The Bertz CT molecular complexity index is 574. The van der Waals surface area contributed by atoms with E-state index in [1.807, 2.05) is 0 Å². The van der Waals surface area contributed by atoms with Crippen LogP contribution in [0.5, 0.6) is 0 Å². The van der Waals surface area contributed by atoms with Gasteiger partial charge in [0.1, 0.15) is 0 Å². The van der Waals surface area contributed by atoms with Crippen LogP contribution >= 0.6 is 0 Å². The molecule has 0 aliphatic rings. The molecule has 20 heavy (non-hydrogen) atoms. The molecule has 0 spiro atoms. The van der Waals surface area contributed by atoms with Crippen molar-refractivity contribution < 1.29 is 0 Å². The van der Waals surface area contributed by atoms with Gasteiger partial charge in [0.25, 0.3) is 0 Å². The van der Waals surface area contributed by atoms with Gasteiger partial charge in [0.2, 0.25) is 0 Å². The molecule has 0 saturated heterocycles. The monoisotopic (exact) mass is 262 g/mol. The maximum Gasteiger partial charge on any atom is 0.0598 e. The molecule has 3 aromatic rings. The minimum atomic E-state index is 0.893. The zero-order valence-corrected chi connectivity index (χ0v) is 11.4. The lowest BCUT2D eigenvalue weighted by atomic mass is 10.2. The molecule has 0 fully saturated rings. The average molecular weight is 262 g/mol. The van der Waals surface area contributed by atoms with Crippen molar-refractivity contribution in [3.8, 4) is 0 Å². The second-order valence-corrected chi connectivity index (χ2v) is 4.86. The maximum absolute atomic E-state index is 2.32. The molecule has 0 aliphatic heterocycles. The molecule has 2 heteroatoms. The van der Waals surface area contributed by atoms with Crippen molar-refractivity contribution in [2.24, 2.45) is 0 Å². The van der Waals surface area contributed by atoms with Crippen molar-refractivity contribution in [1.29, 1.82) is 0 Å². The molecule has 100 valence electrons. The Kier molecular flexibility index (Phi) is 3.83. The number of rotatable bonds is 5. The molecular formula is C18H18N2. The number of nitrogens with zero attached hydrogens (tertiary/aromatic N) is 2. The van der Waals surface area contributed by atoms with E-state index in [2.05, 4.69) is 94.9 Å². The molecule has 0 bridgehead atoms. The van der Waals surface area contributed by atoms with Gasteiger partial charge < -0.3 is 5.01 Å². The van der Waals surface area contributed by atoms with Crippen molar-refractivity contribution in [2.45, 2.75) is 13.1 Å². The Morgan fingerprint density at radius 2 is 1.05 bits per heavy atom.